The van der Waals surface area contributed by atoms with Crippen molar-refractivity contribution in [2.75, 3.05) is 13.1 Å². The summed E-state index contributed by atoms with van der Waals surface area (Å²) in [4.78, 5) is 39.9. The third kappa shape index (κ3) is 3.10. The Labute approximate surface area is 181 Å². The fourth-order valence-electron chi connectivity index (χ4n) is 4.88. The fraction of sp³-hybridized carbons (Fsp3) is 0.320. The number of ketones is 2. The van der Waals surface area contributed by atoms with Crippen molar-refractivity contribution in [3.63, 3.8) is 0 Å². The first kappa shape index (κ1) is 19.7. The number of aryl methyl sites for hydroxylation is 2. The second kappa shape index (κ2) is 7.46. The number of piperazine rings is 1. The summed E-state index contributed by atoms with van der Waals surface area (Å²) >= 11 is 0. The molecule has 1 aliphatic carbocycles. The van der Waals surface area contributed by atoms with Crippen LogP contribution in [0.25, 0.3) is 5.57 Å². The van der Waals surface area contributed by atoms with Crippen LogP contribution in [0.15, 0.2) is 54.2 Å². The molecule has 5 rings (SSSR count). The molecule has 6 nitrogen and oxygen atoms in total. The molecule has 0 spiro atoms. The van der Waals surface area contributed by atoms with Gasteiger partial charge in [0.25, 0.3) is 5.91 Å². The molecule has 1 N–H and O–H groups in total. The molecule has 6 heteroatoms. The van der Waals surface area contributed by atoms with Crippen molar-refractivity contribution in [3.05, 3.63) is 76.5 Å². The molecule has 1 amide bonds. The number of hydrazine groups is 1. The minimum Gasteiger partial charge on any atom is -0.332 e. The van der Waals surface area contributed by atoms with Crippen LogP contribution in [0.1, 0.15) is 36.1 Å². The molecule has 2 aliphatic heterocycles. The standard InChI is InChI=1S/C25H25N3O3/c1-15(2)27-14-20(28-23(25(27)31)24(30)21(29)13-26-28)22-18-9-5-3-7-16(18)11-12-17-8-4-6-10-19(17)22/h3-10,15,23,26H,11-14H2,1-2H3. The number of hydrogen-bond acceptors (Lipinski definition) is 5. The predicted molar refractivity (Wildman–Crippen MR) is 117 cm³/mol. The molecule has 2 aromatic carbocycles. The molecule has 1 unspecified atom stereocenters. The SMILES string of the molecule is CC(C)N1CC(=C2c3ccccc3CCc3ccccc32)N2NCC(=O)C(=O)C2C1=O. The van der Waals surface area contributed by atoms with Gasteiger partial charge in [-0.15, -0.1) is 0 Å². The highest BCUT2D eigenvalue weighted by atomic mass is 16.2. The molecule has 2 fully saturated rings. The fourth-order valence-corrected chi connectivity index (χ4v) is 4.88. The van der Waals surface area contributed by atoms with Gasteiger partial charge in [-0.1, -0.05) is 48.5 Å². The van der Waals surface area contributed by atoms with Gasteiger partial charge in [0, 0.05) is 11.6 Å². The van der Waals surface area contributed by atoms with Crippen LogP contribution in [-0.4, -0.2) is 52.6 Å². The van der Waals surface area contributed by atoms with Crippen molar-refractivity contribution >= 4 is 23.0 Å². The molecular weight excluding hydrogens is 390 g/mol. The van der Waals surface area contributed by atoms with E-state index in [1.54, 1.807) is 9.91 Å². The minimum absolute atomic E-state index is 0.0913. The number of fused-ring (bicyclic) bond motifs is 3. The lowest BCUT2D eigenvalue weighted by Crippen LogP contribution is -2.69. The lowest BCUT2D eigenvalue weighted by Gasteiger charge is -2.46. The second-order valence-electron chi connectivity index (χ2n) is 8.59. The van der Waals surface area contributed by atoms with Gasteiger partial charge in [0.2, 0.25) is 11.6 Å². The molecule has 3 aliphatic rings. The summed E-state index contributed by atoms with van der Waals surface area (Å²) in [6.45, 7) is 4.16. The summed E-state index contributed by atoms with van der Waals surface area (Å²) in [5.41, 5.74) is 9.68. The van der Waals surface area contributed by atoms with E-state index >= 15 is 0 Å². The van der Waals surface area contributed by atoms with Crippen LogP contribution in [0.2, 0.25) is 0 Å². The maximum atomic E-state index is 13.2. The molecule has 158 valence electrons. The van der Waals surface area contributed by atoms with Gasteiger partial charge < -0.3 is 4.90 Å². The molecule has 31 heavy (non-hydrogen) atoms. The van der Waals surface area contributed by atoms with Crippen LogP contribution < -0.4 is 5.43 Å². The largest absolute Gasteiger partial charge is 0.332 e. The van der Waals surface area contributed by atoms with Crippen molar-refractivity contribution in [2.24, 2.45) is 0 Å². The zero-order valence-corrected chi connectivity index (χ0v) is 17.7. The second-order valence-corrected chi connectivity index (χ2v) is 8.59. The van der Waals surface area contributed by atoms with Crippen LogP contribution in [0, 0.1) is 0 Å². The summed E-state index contributed by atoms with van der Waals surface area (Å²) in [6, 6.07) is 15.4. The van der Waals surface area contributed by atoms with E-state index in [9.17, 15) is 14.4 Å². The Kier molecular flexibility index (Phi) is 4.74. The Morgan fingerprint density at radius 2 is 1.48 bits per heavy atom. The Morgan fingerprint density at radius 1 is 0.903 bits per heavy atom. The van der Waals surface area contributed by atoms with Gasteiger partial charge in [0.05, 0.1) is 18.8 Å². The zero-order valence-electron chi connectivity index (χ0n) is 17.7. The number of nitrogens with zero attached hydrogens (tertiary/aromatic N) is 2. The van der Waals surface area contributed by atoms with Gasteiger partial charge in [0.15, 0.2) is 6.04 Å². The average Bonchev–Trinajstić information content (AvgIpc) is 2.93. The number of rotatable bonds is 1. The maximum absolute atomic E-state index is 13.2. The number of amides is 1. The molecule has 0 saturated carbocycles. The van der Waals surface area contributed by atoms with Gasteiger partial charge in [-0.2, -0.15) is 0 Å². The van der Waals surface area contributed by atoms with Crippen LogP contribution >= 0.6 is 0 Å². The first-order valence-corrected chi connectivity index (χ1v) is 10.8. The van der Waals surface area contributed by atoms with Crippen molar-refractivity contribution in [1.29, 1.82) is 0 Å². The average molecular weight is 415 g/mol. The molecule has 0 bridgehead atoms. The van der Waals surface area contributed by atoms with E-state index in [4.69, 9.17) is 0 Å². The van der Waals surface area contributed by atoms with E-state index in [2.05, 4.69) is 29.7 Å². The Morgan fingerprint density at radius 3 is 2.06 bits per heavy atom. The number of benzene rings is 2. The van der Waals surface area contributed by atoms with Gasteiger partial charge in [0.1, 0.15) is 0 Å². The summed E-state index contributed by atoms with van der Waals surface area (Å²) in [5.74, 6) is -1.51. The monoisotopic (exact) mass is 415 g/mol. The first-order chi connectivity index (χ1) is 15.0. The Bertz CT molecular complexity index is 1080. The topological polar surface area (TPSA) is 69.7 Å². The van der Waals surface area contributed by atoms with Gasteiger partial charge >= 0.3 is 0 Å². The van der Waals surface area contributed by atoms with E-state index in [0.29, 0.717) is 6.54 Å². The predicted octanol–water partition coefficient (Wildman–Crippen LogP) is 2.12. The summed E-state index contributed by atoms with van der Waals surface area (Å²) in [7, 11) is 0. The molecule has 2 heterocycles. The number of carbonyl (C=O) groups is 3. The minimum atomic E-state index is -1.15. The van der Waals surface area contributed by atoms with Gasteiger partial charge in [-0.25, -0.2) is 5.43 Å². The first-order valence-electron chi connectivity index (χ1n) is 10.8. The summed E-state index contributed by atoms with van der Waals surface area (Å²) in [6.07, 6.45) is 1.84. The molecule has 0 radical (unpaired) electrons. The number of Topliss-reactive ketones (excluding diaryl/α,β-unsaturated/α-hetero) is 2. The Balaban J connectivity index is 1.80. The van der Waals surface area contributed by atoms with Crippen LogP contribution in [0.3, 0.4) is 0 Å². The molecule has 0 aromatic heterocycles. The molecular formula is C25H25N3O3. The van der Waals surface area contributed by atoms with Crippen molar-refractivity contribution in [1.82, 2.24) is 15.3 Å². The third-order valence-corrected chi connectivity index (χ3v) is 6.47. The normalized spacial score (nSPS) is 21.1. The van der Waals surface area contributed by atoms with Crippen LogP contribution in [0.4, 0.5) is 0 Å². The molecule has 2 aromatic rings. The third-order valence-electron chi connectivity index (χ3n) is 6.47. The quantitative estimate of drug-likeness (QED) is 0.571. The van der Waals surface area contributed by atoms with E-state index in [-0.39, 0.29) is 18.5 Å². The van der Waals surface area contributed by atoms with E-state index in [1.807, 2.05) is 38.1 Å². The van der Waals surface area contributed by atoms with Crippen molar-refractivity contribution in [2.45, 2.75) is 38.8 Å². The zero-order chi connectivity index (χ0) is 21.7. The lowest BCUT2D eigenvalue weighted by molar-refractivity contribution is -0.156. The Hall–Kier alpha value is -3.25. The highest BCUT2D eigenvalue weighted by Crippen LogP contribution is 2.39. The lowest BCUT2D eigenvalue weighted by atomic mass is 9.89. The number of hydrogen-bond donors (Lipinski definition) is 1. The highest BCUT2D eigenvalue weighted by Gasteiger charge is 2.48. The number of carbonyl (C=O) groups excluding carboxylic acids is 3. The highest BCUT2D eigenvalue weighted by molar-refractivity contribution is 6.44. The van der Waals surface area contributed by atoms with E-state index in [1.165, 1.54) is 11.1 Å². The van der Waals surface area contributed by atoms with E-state index in [0.717, 1.165) is 35.2 Å². The van der Waals surface area contributed by atoms with Gasteiger partial charge in [-0.3, -0.25) is 19.4 Å². The number of nitrogens with one attached hydrogen (secondary N) is 1. The smallest absolute Gasteiger partial charge is 0.255 e. The van der Waals surface area contributed by atoms with Crippen molar-refractivity contribution in [3.8, 4) is 0 Å². The summed E-state index contributed by atoms with van der Waals surface area (Å²) < 4.78 is 0. The van der Waals surface area contributed by atoms with Crippen molar-refractivity contribution < 1.29 is 14.4 Å². The van der Waals surface area contributed by atoms with Crippen LogP contribution in [-0.2, 0) is 27.2 Å². The van der Waals surface area contributed by atoms with Crippen LogP contribution in [0.5, 0.6) is 0 Å². The molecule has 2 saturated heterocycles. The van der Waals surface area contributed by atoms with E-state index < -0.39 is 17.6 Å². The maximum Gasteiger partial charge on any atom is 0.255 e. The summed E-state index contributed by atoms with van der Waals surface area (Å²) in [5, 5.41) is 1.67. The molecule has 1 atom stereocenters. The van der Waals surface area contributed by atoms with Gasteiger partial charge in [-0.05, 0) is 48.9 Å².